The SMILES string of the molecule is CCCCn1c(COc2ccccc2C)nnc1SCC(N)=O. The number of nitrogens with two attached hydrogens (primary N) is 1. The van der Waals surface area contributed by atoms with Gasteiger partial charge in [-0.15, -0.1) is 10.2 Å². The number of benzene rings is 1. The van der Waals surface area contributed by atoms with Crippen LogP contribution in [0.3, 0.4) is 0 Å². The first-order valence-electron chi connectivity index (χ1n) is 7.63. The van der Waals surface area contributed by atoms with E-state index in [1.807, 2.05) is 35.8 Å². The largest absolute Gasteiger partial charge is 0.485 e. The molecule has 0 aliphatic heterocycles. The zero-order chi connectivity index (χ0) is 16.7. The number of amides is 1. The van der Waals surface area contributed by atoms with E-state index in [0.29, 0.717) is 11.8 Å². The van der Waals surface area contributed by atoms with Gasteiger partial charge in [0.15, 0.2) is 11.0 Å². The van der Waals surface area contributed by atoms with Crippen LogP contribution in [0.1, 0.15) is 31.2 Å². The number of aromatic nitrogens is 3. The lowest BCUT2D eigenvalue weighted by Crippen LogP contribution is -2.14. The number of para-hydroxylation sites is 1. The number of carbonyl (C=O) groups is 1. The van der Waals surface area contributed by atoms with Gasteiger partial charge in [-0.25, -0.2) is 0 Å². The number of aryl methyl sites for hydroxylation is 1. The quantitative estimate of drug-likeness (QED) is 0.713. The number of nitrogens with zero attached hydrogens (tertiary/aromatic N) is 3. The Morgan fingerprint density at radius 2 is 2.13 bits per heavy atom. The number of primary amides is 1. The van der Waals surface area contributed by atoms with Crippen molar-refractivity contribution in [2.45, 2.75) is 45.0 Å². The monoisotopic (exact) mass is 334 g/mol. The fourth-order valence-electron chi connectivity index (χ4n) is 2.07. The average Bonchev–Trinajstić information content (AvgIpc) is 2.92. The third kappa shape index (κ3) is 4.99. The lowest BCUT2D eigenvalue weighted by molar-refractivity contribution is -0.115. The summed E-state index contributed by atoms with van der Waals surface area (Å²) in [6.45, 7) is 5.28. The topological polar surface area (TPSA) is 83.0 Å². The zero-order valence-electron chi connectivity index (χ0n) is 13.5. The highest BCUT2D eigenvalue weighted by Crippen LogP contribution is 2.21. The molecule has 0 spiro atoms. The summed E-state index contributed by atoms with van der Waals surface area (Å²) in [7, 11) is 0. The molecule has 7 heteroatoms. The number of rotatable bonds is 9. The third-order valence-electron chi connectivity index (χ3n) is 3.32. The maximum absolute atomic E-state index is 11.0. The van der Waals surface area contributed by atoms with Gasteiger partial charge in [0, 0.05) is 6.54 Å². The van der Waals surface area contributed by atoms with Gasteiger partial charge in [0.25, 0.3) is 0 Å². The normalized spacial score (nSPS) is 10.7. The molecule has 1 aromatic heterocycles. The van der Waals surface area contributed by atoms with Crippen LogP contribution in [-0.2, 0) is 17.9 Å². The zero-order valence-corrected chi connectivity index (χ0v) is 14.3. The van der Waals surface area contributed by atoms with Crippen LogP contribution in [0, 0.1) is 6.92 Å². The first kappa shape index (κ1) is 17.3. The van der Waals surface area contributed by atoms with Gasteiger partial charge in [0.05, 0.1) is 5.75 Å². The van der Waals surface area contributed by atoms with Crippen LogP contribution in [0.5, 0.6) is 5.75 Å². The van der Waals surface area contributed by atoms with Gasteiger partial charge in [-0.2, -0.15) is 0 Å². The summed E-state index contributed by atoms with van der Waals surface area (Å²) in [4.78, 5) is 11.0. The molecule has 2 N–H and O–H groups in total. The summed E-state index contributed by atoms with van der Waals surface area (Å²) in [5.41, 5.74) is 6.29. The molecule has 2 aromatic rings. The van der Waals surface area contributed by atoms with Gasteiger partial charge in [0.2, 0.25) is 5.91 Å². The molecule has 1 aromatic carbocycles. The van der Waals surface area contributed by atoms with Crippen LogP contribution in [-0.4, -0.2) is 26.4 Å². The van der Waals surface area contributed by atoms with Crippen LogP contribution in [0.2, 0.25) is 0 Å². The molecule has 0 unspecified atom stereocenters. The van der Waals surface area contributed by atoms with Crippen LogP contribution >= 0.6 is 11.8 Å². The van der Waals surface area contributed by atoms with E-state index in [9.17, 15) is 4.79 Å². The van der Waals surface area contributed by atoms with Gasteiger partial charge >= 0.3 is 0 Å². The van der Waals surface area contributed by atoms with E-state index >= 15 is 0 Å². The summed E-state index contributed by atoms with van der Waals surface area (Å²) in [5.74, 6) is 1.43. The van der Waals surface area contributed by atoms with E-state index in [4.69, 9.17) is 10.5 Å². The van der Waals surface area contributed by atoms with E-state index in [1.54, 1.807) is 0 Å². The molecule has 1 heterocycles. The second-order valence-corrected chi connectivity index (χ2v) is 6.16. The number of thioether (sulfide) groups is 1. The van der Waals surface area contributed by atoms with Crippen molar-refractivity contribution < 1.29 is 9.53 Å². The van der Waals surface area contributed by atoms with Crippen molar-refractivity contribution in [2.24, 2.45) is 5.73 Å². The lowest BCUT2D eigenvalue weighted by Gasteiger charge is -2.11. The molecule has 1 amide bonds. The Bertz CT molecular complexity index is 657. The highest BCUT2D eigenvalue weighted by molar-refractivity contribution is 7.99. The molecule has 0 fully saturated rings. The fourth-order valence-corrected chi connectivity index (χ4v) is 2.79. The van der Waals surface area contributed by atoms with Crippen molar-refractivity contribution in [3.05, 3.63) is 35.7 Å². The van der Waals surface area contributed by atoms with Crippen molar-refractivity contribution in [2.75, 3.05) is 5.75 Å². The summed E-state index contributed by atoms with van der Waals surface area (Å²) < 4.78 is 7.87. The number of carbonyl (C=O) groups excluding carboxylic acids is 1. The van der Waals surface area contributed by atoms with Crippen molar-refractivity contribution in [3.8, 4) is 5.75 Å². The molecule has 2 rings (SSSR count). The van der Waals surface area contributed by atoms with Gasteiger partial charge in [-0.05, 0) is 25.0 Å². The van der Waals surface area contributed by atoms with Crippen molar-refractivity contribution >= 4 is 17.7 Å². The molecule has 0 aliphatic carbocycles. The van der Waals surface area contributed by atoms with E-state index in [2.05, 4.69) is 17.1 Å². The molecule has 0 saturated carbocycles. The Morgan fingerprint density at radius 1 is 1.35 bits per heavy atom. The minimum Gasteiger partial charge on any atom is -0.485 e. The van der Waals surface area contributed by atoms with E-state index < -0.39 is 0 Å². The first-order chi connectivity index (χ1) is 11.1. The Morgan fingerprint density at radius 3 is 2.83 bits per heavy atom. The summed E-state index contributed by atoms with van der Waals surface area (Å²) in [5, 5.41) is 9.08. The minimum absolute atomic E-state index is 0.197. The predicted molar refractivity (Wildman–Crippen MR) is 90.4 cm³/mol. The van der Waals surface area contributed by atoms with Crippen LogP contribution in [0.4, 0.5) is 0 Å². The third-order valence-corrected chi connectivity index (χ3v) is 4.31. The Kier molecular flexibility index (Phi) is 6.46. The fraction of sp³-hybridized carbons (Fsp3) is 0.438. The Hall–Kier alpha value is -2.02. The molecular formula is C16H22N4O2S. The van der Waals surface area contributed by atoms with Crippen molar-refractivity contribution in [3.63, 3.8) is 0 Å². The average molecular weight is 334 g/mol. The van der Waals surface area contributed by atoms with Crippen molar-refractivity contribution in [1.82, 2.24) is 14.8 Å². The highest BCUT2D eigenvalue weighted by atomic mass is 32.2. The molecule has 23 heavy (non-hydrogen) atoms. The summed E-state index contributed by atoms with van der Waals surface area (Å²) in [6, 6.07) is 7.86. The number of hydrogen-bond acceptors (Lipinski definition) is 5. The Balaban J connectivity index is 2.10. The van der Waals surface area contributed by atoms with E-state index in [0.717, 1.165) is 36.5 Å². The van der Waals surface area contributed by atoms with Gasteiger partial charge in [-0.1, -0.05) is 43.3 Å². The molecule has 0 aliphatic rings. The number of ether oxygens (including phenoxy) is 1. The summed E-state index contributed by atoms with van der Waals surface area (Å²) in [6.07, 6.45) is 2.08. The number of unbranched alkanes of at least 4 members (excludes halogenated alkanes) is 1. The smallest absolute Gasteiger partial charge is 0.227 e. The molecule has 0 saturated heterocycles. The minimum atomic E-state index is -0.363. The summed E-state index contributed by atoms with van der Waals surface area (Å²) >= 11 is 1.31. The molecule has 124 valence electrons. The molecule has 0 bridgehead atoms. The standard InChI is InChI=1S/C16H22N4O2S/c1-3-4-9-20-15(18-19-16(20)23-11-14(17)21)10-22-13-8-6-5-7-12(13)2/h5-8H,3-4,9-11H2,1-2H3,(H2,17,21). The second kappa shape index (κ2) is 8.57. The van der Waals surface area contributed by atoms with Crippen LogP contribution < -0.4 is 10.5 Å². The van der Waals surface area contributed by atoms with Crippen LogP contribution in [0.15, 0.2) is 29.4 Å². The predicted octanol–water partition coefficient (Wildman–Crippen LogP) is 2.54. The maximum atomic E-state index is 11.0. The molecule has 0 radical (unpaired) electrons. The van der Waals surface area contributed by atoms with E-state index in [-0.39, 0.29) is 11.7 Å². The van der Waals surface area contributed by atoms with Gasteiger partial charge < -0.3 is 15.0 Å². The molecule has 0 atom stereocenters. The second-order valence-electron chi connectivity index (χ2n) is 5.21. The highest BCUT2D eigenvalue weighted by Gasteiger charge is 2.14. The Labute approximate surface area is 140 Å². The van der Waals surface area contributed by atoms with Crippen LogP contribution in [0.25, 0.3) is 0 Å². The van der Waals surface area contributed by atoms with Gasteiger partial charge in [-0.3, -0.25) is 4.79 Å². The number of hydrogen-bond donors (Lipinski definition) is 1. The van der Waals surface area contributed by atoms with Gasteiger partial charge in [0.1, 0.15) is 12.4 Å². The first-order valence-corrected chi connectivity index (χ1v) is 8.62. The molecule has 6 nitrogen and oxygen atoms in total. The van der Waals surface area contributed by atoms with Crippen molar-refractivity contribution in [1.29, 1.82) is 0 Å². The molecular weight excluding hydrogens is 312 g/mol. The van der Waals surface area contributed by atoms with E-state index in [1.165, 1.54) is 11.8 Å². The lowest BCUT2D eigenvalue weighted by atomic mass is 10.2. The maximum Gasteiger partial charge on any atom is 0.227 e.